The average molecular weight is 686 g/mol. The molecule has 0 spiro atoms. The molecule has 4 aromatic carbocycles. The lowest BCUT2D eigenvalue weighted by atomic mass is 9.86. The van der Waals surface area contributed by atoms with Gasteiger partial charge in [0.15, 0.2) is 12.4 Å². The number of fused-ring (bicyclic) bond motifs is 6. The Balaban J connectivity index is 0.00000312. The average Bonchev–Trinajstić information content (AvgIpc) is 2.96. The Kier molecular flexibility index (Phi) is 11.5. The summed E-state index contributed by atoms with van der Waals surface area (Å²) in [5.41, 5.74) is 9.28. The van der Waals surface area contributed by atoms with Crippen LogP contribution in [0.3, 0.4) is 0 Å². The molecule has 0 saturated carbocycles. The Morgan fingerprint density at radius 2 is 0.792 bits per heavy atom. The molecule has 0 aliphatic heterocycles. The second kappa shape index (κ2) is 14.5. The number of H-pyrrole nitrogens is 2. The van der Waals surface area contributed by atoms with Gasteiger partial charge >= 0.3 is 0 Å². The van der Waals surface area contributed by atoms with Crippen molar-refractivity contribution in [2.45, 2.75) is 80.1 Å². The number of hydrogen-bond donors (Lipinski definition) is 2. The largest absolute Gasteiger partial charge is 1.00 e. The first-order valence-corrected chi connectivity index (χ1v) is 15.8. The fourth-order valence-electron chi connectivity index (χ4n) is 5.28. The molecule has 6 nitrogen and oxygen atoms in total. The highest BCUT2D eigenvalue weighted by atomic mass is 35.5. The zero-order chi connectivity index (χ0) is 33.6. The number of halogens is 2. The number of aromatic hydroxyl groups is 2. The van der Waals surface area contributed by atoms with Crippen molar-refractivity contribution in [2.24, 2.45) is 0 Å². The van der Waals surface area contributed by atoms with Crippen LogP contribution in [-0.4, -0.2) is 20.2 Å². The first kappa shape index (κ1) is 38.2. The predicted octanol–water partition coefficient (Wildman–Crippen LogP) is 2.78. The van der Waals surface area contributed by atoms with E-state index in [0.717, 1.165) is 55.4 Å². The Morgan fingerprint density at radius 3 is 1.15 bits per heavy atom. The van der Waals surface area contributed by atoms with Crippen molar-refractivity contribution < 1.29 is 45.0 Å². The molecule has 5 rings (SSSR count). The summed E-state index contributed by atoms with van der Waals surface area (Å²) >= 11 is 0. The Bertz CT molecular complexity index is 1910. The molecule has 1 aromatic heterocycles. The smallest absolute Gasteiger partial charge is 0.229 e. The number of benzene rings is 4. The van der Waals surface area contributed by atoms with Crippen molar-refractivity contribution in [1.29, 1.82) is 0 Å². The molecular weight excluding hydrogens is 639 g/mol. The number of hydrogen-bond acceptors (Lipinski definition) is 4. The van der Waals surface area contributed by atoms with Gasteiger partial charge in [0, 0.05) is 35.3 Å². The van der Waals surface area contributed by atoms with E-state index in [1.165, 1.54) is 0 Å². The van der Waals surface area contributed by atoms with E-state index in [-0.39, 0.29) is 47.1 Å². The maximum atomic E-state index is 11.5. The molecule has 48 heavy (non-hydrogen) atoms. The summed E-state index contributed by atoms with van der Waals surface area (Å²) in [4.78, 5) is 16.6. The van der Waals surface area contributed by atoms with Crippen LogP contribution in [0, 0.1) is 27.7 Å². The van der Waals surface area contributed by atoms with Crippen LogP contribution in [0.25, 0.3) is 43.6 Å². The lowest BCUT2D eigenvalue weighted by Crippen LogP contribution is -3.00. The van der Waals surface area contributed by atoms with Crippen LogP contribution in [0.15, 0.2) is 73.3 Å². The van der Waals surface area contributed by atoms with E-state index >= 15 is 0 Å². The summed E-state index contributed by atoms with van der Waals surface area (Å²) < 4.78 is 0. The van der Waals surface area contributed by atoms with Gasteiger partial charge in [0.1, 0.15) is 22.5 Å². The minimum absolute atomic E-state index is 0. The van der Waals surface area contributed by atoms with E-state index in [2.05, 4.69) is 91.3 Å². The summed E-state index contributed by atoms with van der Waals surface area (Å²) in [6.45, 7) is 21.2. The lowest BCUT2D eigenvalue weighted by molar-refractivity contribution is -0.342. The quantitative estimate of drug-likeness (QED) is 0.262. The van der Waals surface area contributed by atoms with E-state index in [0.29, 0.717) is 21.5 Å². The summed E-state index contributed by atoms with van der Waals surface area (Å²) in [6, 6.07) is 16.2. The molecule has 5 aromatic rings. The second-order valence-electron chi connectivity index (χ2n) is 14.5. The van der Waals surface area contributed by atoms with Crippen LogP contribution >= 0.6 is 0 Å². The molecule has 0 saturated heterocycles. The van der Waals surface area contributed by atoms with Gasteiger partial charge in [-0.2, -0.15) is 0 Å². The van der Waals surface area contributed by atoms with Crippen LogP contribution in [0.4, 0.5) is 0 Å². The fourth-order valence-corrected chi connectivity index (χ4v) is 5.28. The Labute approximate surface area is 295 Å². The van der Waals surface area contributed by atoms with Gasteiger partial charge in [-0.05, 0) is 108 Å². The molecular formula is C40H46Cl2N4O2. The highest BCUT2D eigenvalue weighted by Gasteiger charge is 2.18. The normalized spacial score (nSPS) is 11.4. The maximum absolute atomic E-state index is 11.5. The van der Waals surface area contributed by atoms with Crippen molar-refractivity contribution in [1.82, 2.24) is 9.97 Å². The number of phenols is 2. The third-order valence-corrected chi connectivity index (χ3v) is 8.75. The number of nitrogens with zero attached hydrogens (tertiary/aromatic N) is 2. The topological polar surface area (TPSA) is 94.5 Å². The monoisotopic (exact) mass is 684 g/mol. The van der Waals surface area contributed by atoms with E-state index in [4.69, 9.17) is 9.97 Å². The zero-order valence-corrected chi connectivity index (χ0v) is 31.0. The molecule has 0 amide bonds. The maximum Gasteiger partial charge on any atom is 0.229 e. The van der Waals surface area contributed by atoms with Crippen molar-refractivity contribution in [3.63, 3.8) is 0 Å². The number of rotatable bonds is 0. The van der Waals surface area contributed by atoms with Gasteiger partial charge in [-0.15, -0.1) is 0 Å². The van der Waals surface area contributed by atoms with E-state index < -0.39 is 0 Å². The molecule has 1 heterocycles. The molecule has 0 unspecified atom stereocenters. The third kappa shape index (κ3) is 8.23. The van der Waals surface area contributed by atoms with Gasteiger partial charge in [-0.1, -0.05) is 41.5 Å². The highest BCUT2D eigenvalue weighted by Crippen LogP contribution is 2.33. The van der Waals surface area contributed by atoms with Gasteiger partial charge in [-0.25, -0.2) is 19.9 Å². The van der Waals surface area contributed by atoms with Crippen LogP contribution in [0.2, 0.25) is 0 Å². The SMILES string of the molecule is Cc1cc2ncc3cc(C(C)(C)C)cc(cnc4cc(C)c(C)cc4[nH+]cc4cc(C(C)(C)C)cc(c[nH+]c2cc1C)c4O)c3O.[Cl-].[Cl-]. The molecule has 0 atom stereocenters. The van der Waals surface area contributed by atoms with Crippen molar-refractivity contribution in [3.8, 4) is 11.5 Å². The first-order chi connectivity index (χ1) is 21.5. The standard InChI is InChI=1S/C40H44N4O2.2ClH/c1-23-11-33-34(12-24(23)2)42-20-28-16-32(40(8,9)10)18-30(38(28)46)22-44-36-14-26(4)25(3)13-35(36)43-21-29-17-31(39(5,6)7)15-27(19-41-33)37(29)45;;/h11-22,45-46H,1-10H3;2*1H. The minimum atomic E-state index is -0.166. The van der Waals surface area contributed by atoms with Crippen LogP contribution in [0.1, 0.15) is 74.9 Å². The molecule has 252 valence electrons. The van der Waals surface area contributed by atoms with Crippen LogP contribution in [0.5, 0.6) is 11.5 Å². The number of aromatic amines is 2. The molecule has 0 aliphatic carbocycles. The summed E-state index contributed by atoms with van der Waals surface area (Å²) in [7, 11) is 0. The molecule has 8 heteroatoms. The van der Waals surface area contributed by atoms with Crippen molar-refractivity contribution >= 4 is 43.6 Å². The number of phenolic OH excluding ortho intramolecular Hbond substituents is 2. The summed E-state index contributed by atoms with van der Waals surface area (Å²) in [5, 5.41) is 25.5. The first-order valence-electron chi connectivity index (χ1n) is 15.8. The predicted molar refractivity (Wildman–Crippen MR) is 189 cm³/mol. The lowest BCUT2D eigenvalue weighted by Gasteiger charge is -2.19. The number of aromatic nitrogens is 4. The summed E-state index contributed by atoms with van der Waals surface area (Å²) in [6.07, 6.45) is 7.09. The van der Waals surface area contributed by atoms with Gasteiger partial charge in [0.25, 0.3) is 0 Å². The molecule has 4 bridgehead atoms. The molecule has 0 fully saturated rings. The number of aryl methyl sites for hydroxylation is 4. The molecule has 0 aliphatic rings. The minimum Gasteiger partial charge on any atom is -1.00 e. The van der Waals surface area contributed by atoms with Crippen LogP contribution < -0.4 is 34.8 Å². The van der Waals surface area contributed by atoms with Gasteiger partial charge in [0.2, 0.25) is 11.0 Å². The Hall–Kier alpha value is -4.26. The zero-order valence-electron chi connectivity index (χ0n) is 29.5. The van der Waals surface area contributed by atoms with Crippen LogP contribution in [-0.2, 0) is 10.8 Å². The molecule has 0 radical (unpaired) electrons. The highest BCUT2D eigenvalue weighted by molar-refractivity contribution is 5.83. The van der Waals surface area contributed by atoms with Crippen molar-refractivity contribution in [3.05, 3.63) is 107 Å². The van der Waals surface area contributed by atoms with Crippen molar-refractivity contribution in [2.75, 3.05) is 0 Å². The van der Waals surface area contributed by atoms with Gasteiger partial charge in [0.05, 0.1) is 10.8 Å². The van der Waals surface area contributed by atoms with Gasteiger partial charge < -0.3 is 35.0 Å². The number of nitrogens with one attached hydrogen (secondary N) is 2. The Morgan fingerprint density at radius 1 is 0.479 bits per heavy atom. The fraction of sp³-hybridized carbons (Fsp3) is 0.300. The van der Waals surface area contributed by atoms with E-state index in [9.17, 15) is 10.2 Å². The second-order valence-corrected chi connectivity index (χ2v) is 14.5. The molecule has 4 N–H and O–H groups in total. The summed E-state index contributed by atoms with van der Waals surface area (Å²) in [5.74, 6) is 0.275. The van der Waals surface area contributed by atoms with E-state index in [1.807, 2.05) is 48.8 Å². The third-order valence-electron chi connectivity index (χ3n) is 8.75. The van der Waals surface area contributed by atoms with E-state index in [1.54, 1.807) is 12.4 Å². The van der Waals surface area contributed by atoms with Gasteiger partial charge in [-0.3, -0.25) is 0 Å².